The molecule has 1 aromatic rings. The summed E-state index contributed by atoms with van der Waals surface area (Å²) >= 11 is 1.32. The highest BCUT2D eigenvalue weighted by Gasteiger charge is 2.53. The lowest BCUT2D eigenvalue weighted by Crippen LogP contribution is -2.18. The second kappa shape index (κ2) is 3.58. The normalized spacial score (nSPS) is 23.5. The van der Waals surface area contributed by atoms with Gasteiger partial charge in [0.15, 0.2) is 0 Å². The SMILES string of the molecule is Cc1ncsc1NC(=O)[C@H]1C[C@H]1[N+](=O)[O-]. The molecular formula is C8H9N3O3S. The largest absolute Gasteiger partial charge is 0.316 e. The number of nitro groups is 1. The molecule has 1 N–H and O–H groups in total. The number of hydrogen-bond acceptors (Lipinski definition) is 5. The molecule has 0 aromatic carbocycles. The van der Waals surface area contributed by atoms with Gasteiger partial charge in [0.1, 0.15) is 10.9 Å². The summed E-state index contributed by atoms with van der Waals surface area (Å²) in [4.78, 5) is 25.4. The van der Waals surface area contributed by atoms with E-state index in [0.717, 1.165) is 5.69 Å². The van der Waals surface area contributed by atoms with Gasteiger partial charge in [-0.25, -0.2) is 4.98 Å². The van der Waals surface area contributed by atoms with Crippen LogP contribution in [0.3, 0.4) is 0 Å². The lowest BCUT2D eigenvalue weighted by atomic mass is 10.3. The molecule has 6 nitrogen and oxygen atoms in total. The van der Waals surface area contributed by atoms with Gasteiger partial charge < -0.3 is 5.32 Å². The lowest BCUT2D eigenvalue weighted by Gasteiger charge is -2.00. The number of nitrogens with zero attached hydrogens (tertiary/aromatic N) is 2. The van der Waals surface area contributed by atoms with Crippen molar-refractivity contribution in [1.29, 1.82) is 0 Å². The molecular weight excluding hydrogens is 218 g/mol. The summed E-state index contributed by atoms with van der Waals surface area (Å²) in [7, 11) is 0. The van der Waals surface area contributed by atoms with Gasteiger partial charge in [0.2, 0.25) is 11.9 Å². The molecule has 0 aliphatic heterocycles. The number of hydrogen-bond donors (Lipinski definition) is 1. The number of amides is 1. The van der Waals surface area contributed by atoms with Gasteiger partial charge in [0.05, 0.1) is 11.2 Å². The van der Waals surface area contributed by atoms with Crippen LogP contribution in [0.15, 0.2) is 5.51 Å². The molecule has 2 rings (SSSR count). The van der Waals surface area contributed by atoms with Crippen LogP contribution in [0.5, 0.6) is 0 Å². The first-order valence-electron chi connectivity index (χ1n) is 4.44. The highest BCUT2D eigenvalue weighted by atomic mass is 32.1. The summed E-state index contributed by atoms with van der Waals surface area (Å²) in [6.07, 6.45) is 0.344. The number of carbonyl (C=O) groups is 1. The van der Waals surface area contributed by atoms with E-state index in [0.29, 0.717) is 11.4 Å². The predicted molar refractivity (Wildman–Crippen MR) is 54.4 cm³/mol. The molecule has 1 saturated carbocycles. The summed E-state index contributed by atoms with van der Waals surface area (Å²) < 4.78 is 0. The molecule has 1 amide bonds. The Labute approximate surface area is 89.5 Å². The maximum absolute atomic E-state index is 11.5. The van der Waals surface area contributed by atoms with Gasteiger partial charge in [0, 0.05) is 11.3 Å². The molecule has 2 atom stereocenters. The highest BCUT2D eigenvalue weighted by Crippen LogP contribution is 2.34. The summed E-state index contributed by atoms with van der Waals surface area (Å²) in [5, 5.41) is 13.7. The van der Waals surface area contributed by atoms with Crippen molar-refractivity contribution in [3.05, 3.63) is 21.3 Å². The molecule has 1 aromatic heterocycles. The molecule has 15 heavy (non-hydrogen) atoms. The number of aryl methyl sites for hydroxylation is 1. The van der Waals surface area contributed by atoms with Crippen LogP contribution in [0.2, 0.25) is 0 Å². The summed E-state index contributed by atoms with van der Waals surface area (Å²) in [6.45, 7) is 1.78. The molecule has 0 unspecified atom stereocenters. The Hall–Kier alpha value is -1.50. The topological polar surface area (TPSA) is 85.1 Å². The van der Waals surface area contributed by atoms with Crippen LogP contribution in [0.1, 0.15) is 12.1 Å². The second-order valence-corrected chi connectivity index (χ2v) is 4.31. The zero-order valence-electron chi connectivity index (χ0n) is 7.97. The highest BCUT2D eigenvalue weighted by molar-refractivity contribution is 7.14. The third-order valence-electron chi connectivity index (χ3n) is 2.35. The van der Waals surface area contributed by atoms with E-state index in [1.807, 2.05) is 0 Å². The van der Waals surface area contributed by atoms with Crippen molar-refractivity contribution >= 4 is 22.2 Å². The minimum atomic E-state index is -0.696. The fraction of sp³-hybridized carbons (Fsp3) is 0.500. The number of rotatable bonds is 3. The van der Waals surface area contributed by atoms with Gasteiger partial charge >= 0.3 is 0 Å². The van der Waals surface area contributed by atoms with Gasteiger partial charge in [-0.3, -0.25) is 14.9 Å². The van der Waals surface area contributed by atoms with E-state index in [-0.39, 0.29) is 5.91 Å². The fourth-order valence-corrected chi connectivity index (χ4v) is 2.02. The van der Waals surface area contributed by atoms with E-state index in [1.165, 1.54) is 11.3 Å². The Balaban J connectivity index is 1.95. The molecule has 1 aliphatic carbocycles. The van der Waals surface area contributed by atoms with Crippen LogP contribution < -0.4 is 5.32 Å². The van der Waals surface area contributed by atoms with Crippen molar-refractivity contribution in [2.45, 2.75) is 19.4 Å². The van der Waals surface area contributed by atoms with E-state index >= 15 is 0 Å². The van der Waals surface area contributed by atoms with Crippen molar-refractivity contribution in [3.8, 4) is 0 Å². The Morgan fingerprint density at radius 2 is 2.53 bits per heavy atom. The average Bonchev–Trinajstić information content (AvgIpc) is 2.88. The van der Waals surface area contributed by atoms with Crippen LogP contribution in [0, 0.1) is 23.0 Å². The Kier molecular flexibility index (Phi) is 2.39. The fourth-order valence-electron chi connectivity index (χ4n) is 1.32. The minimum Gasteiger partial charge on any atom is -0.316 e. The summed E-state index contributed by atoms with van der Waals surface area (Å²) in [6, 6.07) is -0.696. The first kappa shape index (κ1) is 10.0. The Bertz CT molecular complexity index is 417. The smallest absolute Gasteiger partial charge is 0.235 e. The summed E-state index contributed by atoms with van der Waals surface area (Å²) in [5.41, 5.74) is 2.37. The quantitative estimate of drug-likeness (QED) is 0.618. The number of thiazole rings is 1. The van der Waals surface area contributed by atoms with Crippen molar-refractivity contribution in [2.24, 2.45) is 5.92 Å². The second-order valence-electron chi connectivity index (χ2n) is 3.45. The molecule has 1 fully saturated rings. The lowest BCUT2D eigenvalue weighted by molar-refractivity contribution is -0.497. The van der Waals surface area contributed by atoms with Crippen molar-refractivity contribution < 1.29 is 9.72 Å². The van der Waals surface area contributed by atoms with Gasteiger partial charge in [0.25, 0.3) is 0 Å². The number of nitrogens with one attached hydrogen (secondary N) is 1. The van der Waals surface area contributed by atoms with E-state index in [2.05, 4.69) is 10.3 Å². The molecule has 0 spiro atoms. The first-order valence-corrected chi connectivity index (χ1v) is 5.32. The van der Waals surface area contributed by atoms with Gasteiger partial charge in [-0.1, -0.05) is 0 Å². The van der Waals surface area contributed by atoms with Crippen LogP contribution in [0.25, 0.3) is 0 Å². The summed E-state index contributed by atoms with van der Waals surface area (Å²) in [5.74, 6) is -0.745. The third kappa shape index (κ3) is 1.96. The Morgan fingerprint density at radius 1 is 1.80 bits per heavy atom. The predicted octanol–water partition coefficient (Wildman–Crippen LogP) is 1.06. The van der Waals surface area contributed by atoms with E-state index in [9.17, 15) is 14.9 Å². The van der Waals surface area contributed by atoms with E-state index in [4.69, 9.17) is 0 Å². The number of aromatic nitrogens is 1. The maximum atomic E-state index is 11.5. The molecule has 0 saturated heterocycles. The Morgan fingerprint density at radius 3 is 3.00 bits per heavy atom. The molecule has 1 aliphatic rings. The molecule has 0 radical (unpaired) electrons. The third-order valence-corrected chi connectivity index (χ3v) is 3.19. The zero-order chi connectivity index (χ0) is 11.0. The van der Waals surface area contributed by atoms with Gasteiger partial charge in [-0.2, -0.15) is 0 Å². The number of carbonyl (C=O) groups excluding carboxylic acids is 1. The van der Waals surface area contributed by atoms with Crippen molar-refractivity contribution in [1.82, 2.24) is 4.98 Å². The van der Waals surface area contributed by atoms with E-state index < -0.39 is 16.9 Å². The van der Waals surface area contributed by atoms with Crippen molar-refractivity contribution in [3.63, 3.8) is 0 Å². The van der Waals surface area contributed by atoms with Crippen LogP contribution in [0.4, 0.5) is 5.00 Å². The van der Waals surface area contributed by atoms with Crippen LogP contribution in [-0.4, -0.2) is 21.9 Å². The average molecular weight is 227 g/mol. The van der Waals surface area contributed by atoms with Gasteiger partial charge in [-0.05, 0) is 6.92 Å². The van der Waals surface area contributed by atoms with E-state index in [1.54, 1.807) is 12.4 Å². The molecule has 80 valence electrons. The minimum absolute atomic E-state index is 0.274. The van der Waals surface area contributed by atoms with Crippen LogP contribution >= 0.6 is 11.3 Å². The van der Waals surface area contributed by atoms with Crippen molar-refractivity contribution in [2.75, 3.05) is 5.32 Å². The molecule has 0 bridgehead atoms. The zero-order valence-corrected chi connectivity index (χ0v) is 8.78. The standard InChI is InChI=1S/C8H9N3O3S/c1-4-8(15-3-9-4)10-7(12)5-2-6(5)11(13)14/h3,5-6H,2H2,1H3,(H,10,12)/t5-,6+/m0/s1. The molecule has 7 heteroatoms. The van der Waals surface area contributed by atoms with Crippen LogP contribution in [-0.2, 0) is 4.79 Å². The molecule has 1 heterocycles. The first-order chi connectivity index (χ1) is 7.09. The van der Waals surface area contributed by atoms with Gasteiger partial charge in [-0.15, -0.1) is 11.3 Å². The maximum Gasteiger partial charge on any atom is 0.235 e. The monoisotopic (exact) mass is 227 g/mol. The number of anilines is 1.